The van der Waals surface area contributed by atoms with Crippen molar-refractivity contribution in [2.24, 2.45) is 5.92 Å². The molecule has 0 aromatic rings. The Kier molecular flexibility index (Phi) is 74.5. The van der Waals surface area contributed by atoms with Crippen molar-refractivity contribution in [1.82, 2.24) is 0 Å². The summed E-state index contributed by atoms with van der Waals surface area (Å²) < 4.78 is 68.5. The quantitative estimate of drug-likeness (QED) is 0.0169. The van der Waals surface area contributed by atoms with Crippen LogP contribution < -0.4 is 0 Å². The van der Waals surface area contributed by atoms with Crippen molar-refractivity contribution in [3.63, 3.8) is 0 Å². The van der Waals surface area contributed by atoms with Gasteiger partial charge < -0.3 is 33.8 Å². The zero-order valence-electron chi connectivity index (χ0n) is 66.9. The van der Waals surface area contributed by atoms with Gasteiger partial charge in [-0.15, -0.1) is 0 Å². The van der Waals surface area contributed by atoms with Gasteiger partial charge in [0.05, 0.1) is 26.4 Å². The van der Waals surface area contributed by atoms with Crippen LogP contribution in [0.2, 0.25) is 0 Å². The number of esters is 4. The lowest BCUT2D eigenvalue weighted by molar-refractivity contribution is -0.161. The Labute approximate surface area is 631 Å². The maximum absolute atomic E-state index is 13.1. The summed E-state index contributed by atoms with van der Waals surface area (Å²) >= 11 is 0. The van der Waals surface area contributed by atoms with Crippen molar-refractivity contribution in [3.8, 4) is 0 Å². The van der Waals surface area contributed by atoms with Gasteiger partial charge in [-0.25, -0.2) is 9.13 Å². The Morgan fingerprint density at radius 2 is 0.524 bits per heavy atom. The van der Waals surface area contributed by atoms with Gasteiger partial charge in [0.1, 0.15) is 19.3 Å². The monoisotopic (exact) mass is 1500 g/mol. The highest BCUT2D eigenvalue weighted by Crippen LogP contribution is 2.45. The lowest BCUT2D eigenvalue weighted by Crippen LogP contribution is -2.30. The van der Waals surface area contributed by atoms with Crippen molar-refractivity contribution in [3.05, 3.63) is 24.3 Å². The number of hydrogen-bond acceptors (Lipinski definition) is 15. The van der Waals surface area contributed by atoms with Crippen LogP contribution in [-0.4, -0.2) is 96.7 Å². The molecule has 0 saturated heterocycles. The van der Waals surface area contributed by atoms with Crippen LogP contribution in [-0.2, 0) is 65.4 Å². The molecule has 0 aliphatic carbocycles. The fraction of sp³-hybridized carbons (Fsp3) is 0.905. The van der Waals surface area contributed by atoms with Crippen molar-refractivity contribution in [2.75, 3.05) is 39.6 Å². The lowest BCUT2D eigenvalue weighted by atomic mass is 10.0. The van der Waals surface area contributed by atoms with E-state index in [2.05, 4.69) is 58.9 Å². The van der Waals surface area contributed by atoms with Gasteiger partial charge in [-0.05, 0) is 57.3 Å². The molecular formula is C84H160O17P2. The van der Waals surface area contributed by atoms with Crippen LogP contribution in [0.4, 0.5) is 0 Å². The van der Waals surface area contributed by atoms with Gasteiger partial charge in [-0.3, -0.25) is 37.3 Å². The number of carbonyl (C=O) groups is 4. The summed E-state index contributed by atoms with van der Waals surface area (Å²) in [7, 11) is -9.92. The number of unbranched alkanes of at least 4 members (excludes halogenated alkanes) is 51. The largest absolute Gasteiger partial charge is 0.472 e. The average molecular weight is 1500 g/mol. The Hall–Kier alpha value is -2.46. The Morgan fingerprint density at radius 1 is 0.301 bits per heavy atom. The molecule has 3 N–H and O–H groups in total. The predicted octanol–water partition coefficient (Wildman–Crippen LogP) is 25.1. The maximum Gasteiger partial charge on any atom is 0.472 e. The minimum absolute atomic E-state index is 0.0845. The minimum atomic E-state index is -4.97. The number of carbonyl (C=O) groups excluding carboxylic acids is 4. The average Bonchev–Trinajstić information content (AvgIpc) is 0.922. The van der Waals surface area contributed by atoms with Crippen LogP contribution in [0, 0.1) is 5.92 Å². The molecule has 0 amide bonds. The number of rotatable bonds is 82. The Morgan fingerprint density at radius 3 is 0.796 bits per heavy atom. The van der Waals surface area contributed by atoms with Gasteiger partial charge in [0, 0.05) is 25.7 Å². The number of hydrogen-bond donors (Lipinski definition) is 3. The molecule has 0 aliphatic rings. The standard InChI is InChI=1S/C84H160O17P2/c1-6-9-12-15-17-19-21-23-25-26-27-28-29-30-35-39-43-47-51-55-60-65-70-84(89)101-80(74-95-82(87)68-63-58-53-49-45-41-38-34-32-31-33-37-40-44-48-52-57-61-66-77(4)5)76-99-103(92,93)97-72-78(85)71-96-102(90,91)98-75-79(73-94-81(86)67-62-56-14-11-8-3)100-83(88)69-64-59-54-50-46-42-36-24-22-20-18-16-13-10-7-2/h20,22,24,36,77-80,85H,6-19,21,23,25-35,37-76H2,1-5H3,(H,90,91)(H,92,93)/b22-20-,36-24-/t78-,79+,80+/m0/s1. The molecule has 5 atom stereocenters. The molecule has 0 heterocycles. The Bertz CT molecular complexity index is 2060. The van der Waals surface area contributed by atoms with Crippen LogP contribution in [0.3, 0.4) is 0 Å². The van der Waals surface area contributed by atoms with E-state index in [4.69, 9.17) is 37.0 Å². The van der Waals surface area contributed by atoms with E-state index in [-0.39, 0.29) is 25.7 Å². The summed E-state index contributed by atoms with van der Waals surface area (Å²) in [6.07, 6.45) is 72.3. The first-order valence-electron chi connectivity index (χ1n) is 43.0. The zero-order valence-corrected chi connectivity index (χ0v) is 68.7. The molecule has 0 aromatic carbocycles. The summed E-state index contributed by atoms with van der Waals surface area (Å²) in [5.74, 6) is -1.33. The first-order chi connectivity index (χ1) is 50.0. The molecule has 0 aliphatic heterocycles. The van der Waals surface area contributed by atoms with E-state index in [1.54, 1.807) is 0 Å². The molecule has 0 saturated carbocycles. The van der Waals surface area contributed by atoms with Gasteiger partial charge >= 0.3 is 39.5 Å². The molecule has 2 unspecified atom stereocenters. The van der Waals surface area contributed by atoms with Crippen LogP contribution in [0.1, 0.15) is 426 Å². The maximum atomic E-state index is 13.1. The van der Waals surface area contributed by atoms with Crippen molar-refractivity contribution >= 4 is 39.5 Å². The highest BCUT2D eigenvalue weighted by atomic mass is 31.2. The minimum Gasteiger partial charge on any atom is -0.462 e. The molecule has 19 heteroatoms. The topological polar surface area (TPSA) is 237 Å². The number of ether oxygens (including phenoxy) is 4. The molecule has 103 heavy (non-hydrogen) atoms. The highest BCUT2D eigenvalue weighted by molar-refractivity contribution is 7.47. The SMILES string of the molecule is CCCCCC/C=C\C=C/CCCCCCCC(=O)O[C@H](COC(=O)CCCCCCC)COP(=O)(O)OC[C@H](O)COP(=O)(O)OC[C@@H](COC(=O)CCCCCCCCCCCCCCCCCCCCC(C)C)OC(=O)CCCCCCCCCCCCCCCCCCCCCCCC. The number of phosphoric ester groups is 2. The number of aliphatic hydroxyl groups is 1. The molecule has 0 fully saturated rings. The van der Waals surface area contributed by atoms with Gasteiger partial charge in [0.2, 0.25) is 0 Å². The Balaban J connectivity index is 5.13. The van der Waals surface area contributed by atoms with E-state index >= 15 is 0 Å². The highest BCUT2D eigenvalue weighted by Gasteiger charge is 2.30. The molecule has 0 rings (SSSR count). The van der Waals surface area contributed by atoms with Crippen molar-refractivity contribution in [1.29, 1.82) is 0 Å². The third-order valence-corrected chi connectivity index (χ3v) is 21.1. The summed E-state index contributed by atoms with van der Waals surface area (Å²) in [6, 6.07) is 0. The zero-order chi connectivity index (χ0) is 75.5. The molecule has 17 nitrogen and oxygen atoms in total. The van der Waals surface area contributed by atoms with Crippen LogP contribution >= 0.6 is 15.6 Å². The van der Waals surface area contributed by atoms with Crippen LogP contribution in [0.15, 0.2) is 24.3 Å². The van der Waals surface area contributed by atoms with Crippen molar-refractivity contribution in [2.45, 2.75) is 445 Å². The fourth-order valence-corrected chi connectivity index (χ4v) is 14.2. The van der Waals surface area contributed by atoms with E-state index < -0.39 is 97.5 Å². The lowest BCUT2D eigenvalue weighted by Gasteiger charge is -2.21. The summed E-state index contributed by atoms with van der Waals surface area (Å²) in [4.78, 5) is 72.8. The molecular weight excluding hydrogens is 1340 g/mol. The van der Waals surface area contributed by atoms with E-state index in [1.165, 1.54) is 231 Å². The molecule has 0 bridgehead atoms. The van der Waals surface area contributed by atoms with Gasteiger partial charge in [0.25, 0.3) is 0 Å². The fourth-order valence-electron chi connectivity index (χ4n) is 12.6. The number of phosphoric acid groups is 2. The molecule has 0 aromatic heterocycles. The number of allylic oxidation sites excluding steroid dienone is 4. The van der Waals surface area contributed by atoms with E-state index in [1.807, 2.05) is 0 Å². The summed E-state index contributed by atoms with van der Waals surface area (Å²) in [5, 5.41) is 10.6. The predicted molar refractivity (Wildman–Crippen MR) is 423 cm³/mol. The van der Waals surface area contributed by atoms with Crippen LogP contribution in [0.5, 0.6) is 0 Å². The third kappa shape index (κ3) is 77.5. The van der Waals surface area contributed by atoms with Crippen LogP contribution in [0.25, 0.3) is 0 Å². The van der Waals surface area contributed by atoms with E-state index in [0.29, 0.717) is 25.7 Å². The molecule has 0 radical (unpaired) electrons. The second-order valence-electron chi connectivity index (χ2n) is 30.0. The number of aliphatic hydroxyl groups excluding tert-OH is 1. The molecule has 608 valence electrons. The first-order valence-corrected chi connectivity index (χ1v) is 45.9. The van der Waals surface area contributed by atoms with E-state index in [0.717, 1.165) is 115 Å². The third-order valence-electron chi connectivity index (χ3n) is 19.2. The smallest absolute Gasteiger partial charge is 0.462 e. The van der Waals surface area contributed by atoms with Crippen molar-refractivity contribution < 1.29 is 80.2 Å². The van der Waals surface area contributed by atoms with Gasteiger partial charge in [-0.1, -0.05) is 374 Å². The summed E-state index contributed by atoms with van der Waals surface area (Å²) in [5.41, 5.74) is 0. The van der Waals surface area contributed by atoms with E-state index in [9.17, 15) is 43.2 Å². The second-order valence-corrected chi connectivity index (χ2v) is 32.9. The summed E-state index contributed by atoms with van der Waals surface area (Å²) in [6.45, 7) is 7.22. The van der Waals surface area contributed by atoms with Gasteiger partial charge in [0.15, 0.2) is 12.2 Å². The molecule has 0 spiro atoms. The first kappa shape index (κ1) is 101. The normalized spacial score (nSPS) is 14.0. The van der Waals surface area contributed by atoms with Gasteiger partial charge in [-0.2, -0.15) is 0 Å². The second kappa shape index (κ2) is 76.3.